The van der Waals surface area contributed by atoms with Crippen LogP contribution in [0, 0.1) is 0 Å². The van der Waals surface area contributed by atoms with Gasteiger partial charge in [0.25, 0.3) is 0 Å². The molecule has 160 valence electrons. The van der Waals surface area contributed by atoms with Gasteiger partial charge in [0.2, 0.25) is 5.91 Å². The maximum atomic E-state index is 12.6. The van der Waals surface area contributed by atoms with Crippen LogP contribution in [0.15, 0.2) is 91.0 Å². The predicted molar refractivity (Wildman–Crippen MR) is 125 cm³/mol. The lowest BCUT2D eigenvalue weighted by atomic mass is 9.84. The smallest absolute Gasteiger partial charge is 0.407 e. The fourth-order valence-corrected chi connectivity index (χ4v) is 5.33. The quantitative estimate of drug-likeness (QED) is 0.515. The number of hydrogen-bond donors (Lipinski definition) is 2. The third-order valence-electron chi connectivity index (χ3n) is 5.32. The molecule has 0 aliphatic heterocycles. The highest BCUT2D eigenvalue weighted by molar-refractivity contribution is 8.00. The van der Waals surface area contributed by atoms with Crippen LogP contribution in [0.1, 0.15) is 16.7 Å². The lowest BCUT2D eigenvalue weighted by molar-refractivity contribution is -0.124. The minimum Gasteiger partial charge on any atom is -0.465 e. The Morgan fingerprint density at radius 1 is 0.871 bits per heavy atom. The van der Waals surface area contributed by atoms with E-state index in [9.17, 15) is 14.7 Å². The normalized spacial score (nSPS) is 12.1. The molecular formula is C25H26N2O3S. The van der Waals surface area contributed by atoms with E-state index in [1.54, 1.807) is 11.8 Å². The van der Waals surface area contributed by atoms with Gasteiger partial charge >= 0.3 is 6.09 Å². The summed E-state index contributed by atoms with van der Waals surface area (Å²) in [6, 6.07) is 29.5. The van der Waals surface area contributed by atoms with Crippen LogP contribution in [0.25, 0.3) is 0 Å². The molecule has 0 saturated carbocycles. The molecule has 0 spiro atoms. The number of carboxylic acid groups (broad SMARTS) is 1. The van der Waals surface area contributed by atoms with Crippen molar-refractivity contribution in [1.29, 1.82) is 0 Å². The van der Waals surface area contributed by atoms with Crippen LogP contribution in [0.4, 0.5) is 4.79 Å². The topological polar surface area (TPSA) is 69.6 Å². The van der Waals surface area contributed by atoms with Gasteiger partial charge in [-0.3, -0.25) is 9.69 Å². The van der Waals surface area contributed by atoms with Crippen molar-refractivity contribution in [2.75, 3.05) is 19.8 Å². The van der Waals surface area contributed by atoms with E-state index in [1.165, 1.54) is 14.1 Å². The molecule has 0 heterocycles. The maximum Gasteiger partial charge on any atom is 0.407 e. The molecule has 2 N–H and O–H groups in total. The SMILES string of the molecule is CNC(=O)[C@H](CSC(c1ccccc1)(c1ccccc1)c1ccccc1)N(C)C(=O)O. The Bertz CT molecular complexity index is 900. The van der Waals surface area contributed by atoms with Crippen LogP contribution in [0.3, 0.4) is 0 Å². The third kappa shape index (κ3) is 4.75. The first-order chi connectivity index (χ1) is 15.0. The van der Waals surface area contributed by atoms with Gasteiger partial charge in [-0.2, -0.15) is 0 Å². The third-order valence-corrected chi connectivity index (χ3v) is 6.94. The largest absolute Gasteiger partial charge is 0.465 e. The summed E-state index contributed by atoms with van der Waals surface area (Å²) in [6.07, 6.45) is -1.14. The van der Waals surface area contributed by atoms with Gasteiger partial charge in [0.15, 0.2) is 0 Å². The Labute approximate surface area is 187 Å². The number of nitrogens with zero attached hydrogens (tertiary/aromatic N) is 1. The molecule has 0 aromatic heterocycles. The van der Waals surface area contributed by atoms with Crippen molar-refractivity contribution in [3.05, 3.63) is 108 Å². The Hall–Kier alpha value is -3.25. The minimum absolute atomic E-state index is 0.279. The summed E-state index contributed by atoms with van der Waals surface area (Å²) in [7, 11) is 2.95. The summed E-state index contributed by atoms with van der Waals surface area (Å²) < 4.78 is -0.616. The van der Waals surface area contributed by atoms with Gasteiger partial charge < -0.3 is 10.4 Å². The molecule has 1 atom stereocenters. The summed E-state index contributed by atoms with van der Waals surface area (Å²) in [5, 5.41) is 12.1. The van der Waals surface area contributed by atoms with E-state index in [-0.39, 0.29) is 11.7 Å². The molecule has 0 radical (unpaired) electrons. The van der Waals surface area contributed by atoms with Gasteiger partial charge in [0.1, 0.15) is 6.04 Å². The van der Waals surface area contributed by atoms with E-state index >= 15 is 0 Å². The predicted octanol–water partition coefficient (Wildman–Crippen LogP) is 4.44. The Balaban J connectivity index is 2.16. The number of amides is 2. The molecular weight excluding hydrogens is 408 g/mol. The van der Waals surface area contributed by atoms with E-state index in [1.807, 2.05) is 54.6 Å². The lowest BCUT2D eigenvalue weighted by Gasteiger charge is -2.37. The second kappa shape index (κ2) is 10.2. The molecule has 3 aromatic carbocycles. The number of nitrogens with one attached hydrogen (secondary N) is 1. The van der Waals surface area contributed by atoms with Gasteiger partial charge in [0, 0.05) is 19.8 Å². The highest BCUT2D eigenvalue weighted by Gasteiger charge is 2.39. The van der Waals surface area contributed by atoms with Gasteiger partial charge in [-0.05, 0) is 16.7 Å². The first kappa shape index (κ1) is 22.4. The van der Waals surface area contributed by atoms with E-state index in [2.05, 4.69) is 41.7 Å². The fourth-order valence-electron chi connectivity index (χ4n) is 3.64. The van der Waals surface area contributed by atoms with Crippen LogP contribution in [-0.2, 0) is 9.54 Å². The minimum atomic E-state index is -1.14. The average molecular weight is 435 g/mol. The molecule has 0 fully saturated rings. The lowest BCUT2D eigenvalue weighted by Crippen LogP contribution is -2.48. The van der Waals surface area contributed by atoms with Crippen molar-refractivity contribution in [3.8, 4) is 0 Å². The average Bonchev–Trinajstić information content (AvgIpc) is 2.83. The van der Waals surface area contributed by atoms with E-state index in [4.69, 9.17) is 0 Å². The number of likely N-dealkylation sites (N-methyl/N-ethyl adjacent to an activating group) is 2. The molecule has 0 aliphatic carbocycles. The molecule has 0 saturated heterocycles. The zero-order valence-corrected chi connectivity index (χ0v) is 18.4. The Morgan fingerprint density at radius 2 is 1.26 bits per heavy atom. The molecule has 31 heavy (non-hydrogen) atoms. The first-order valence-electron chi connectivity index (χ1n) is 9.98. The molecule has 2 amide bonds. The summed E-state index contributed by atoms with van der Waals surface area (Å²) in [5.74, 6) is -0.0540. The van der Waals surface area contributed by atoms with Crippen molar-refractivity contribution >= 4 is 23.8 Å². The van der Waals surface area contributed by atoms with Crippen LogP contribution in [0.5, 0.6) is 0 Å². The molecule has 0 unspecified atom stereocenters. The number of carbonyl (C=O) groups excluding carboxylic acids is 1. The van der Waals surface area contributed by atoms with Crippen LogP contribution in [0.2, 0.25) is 0 Å². The van der Waals surface area contributed by atoms with Crippen molar-refractivity contribution in [1.82, 2.24) is 10.2 Å². The van der Waals surface area contributed by atoms with Crippen molar-refractivity contribution < 1.29 is 14.7 Å². The molecule has 3 aromatic rings. The standard InChI is InChI=1S/C25H26N2O3S/c1-26-23(28)22(27(2)24(29)30)18-31-25(19-12-6-3-7-13-19,20-14-8-4-9-15-20)21-16-10-5-11-17-21/h3-17,22H,18H2,1-2H3,(H,26,28)(H,29,30)/t22-/m0/s1. The Morgan fingerprint density at radius 3 is 1.58 bits per heavy atom. The summed E-state index contributed by atoms with van der Waals surface area (Å²) in [4.78, 5) is 25.3. The second-order valence-electron chi connectivity index (χ2n) is 7.11. The van der Waals surface area contributed by atoms with Crippen molar-refractivity contribution in [3.63, 3.8) is 0 Å². The van der Waals surface area contributed by atoms with Crippen LogP contribution in [-0.4, -0.2) is 47.9 Å². The number of benzene rings is 3. The highest BCUT2D eigenvalue weighted by Crippen LogP contribution is 2.48. The molecule has 6 heteroatoms. The van der Waals surface area contributed by atoms with Gasteiger partial charge in [-0.1, -0.05) is 91.0 Å². The fraction of sp³-hybridized carbons (Fsp3) is 0.200. The van der Waals surface area contributed by atoms with E-state index < -0.39 is 16.9 Å². The van der Waals surface area contributed by atoms with Gasteiger partial charge in [-0.15, -0.1) is 11.8 Å². The van der Waals surface area contributed by atoms with E-state index in [0.29, 0.717) is 0 Å². The molecule has 0 aliphatic rings. The highest BCUT2D eigenvalue weighted by atomic mass is 32.2. The van der Waals surface area contributed by atoms with Gasteiger partial charge in [-0.25, -0.2) is 4.79 Å². The van der Waals surface area contributed by atoms with Gasteiger partial charge in [0.05, 0.1) is 4.75 Å². The van der Waals surface area contributed by atoms with Crippen LogP contribution >= 0.6 is 11.8 Å². The van der Waals surface area contributed by atoms with Crippen LogP contribution < -0.4 is 5.32 Å². The van der Waals surface area contributed by atoms with E-state index in [0.717, 1.165) is 21.6 Å². The molecule has 3 rings (SSSR count). The second-order valence-corrected chi connectivity index (χ2v) is 8.35. The number of rotatable bonds is 8. The Kier molecular flexibility index (Phi) is 7.36. The zero-order valence-electron chi connectivity index (χ0n) is 17.6. The number of hydrogen-bond acceptors (Lipinski definition) is 3. The number of thioether (sulfide) groups is 1. The summed E-state index contributed by atoms with van der Waals surface area (Å²) >= 11 is 1.56. The zero-order chi connectivity index (χ0) is 22.3. The first-order valence-corrected chi connectivity index (χ1v) is 11.0. The molecule has 5 nitrogen and oxygen atoms in total. The number of carbonyl (C=O) groups is 2. The summed E-state index contributed by atoms with van der Waals surface area (Å²) in [5.41, 5.74) is 3.18. The molecule has 0 bridgehead atoms. The van der Waals surface area contributed by atoms with Crippen molar-refractivity contribution in [2.24, 2.45) is 0 Å². The van der Waals surface area contributed by atoms with Crippen molar-refractivity contribution in [2.45, 2.75) is 10.8 Å². The maximum absolute atomic E-state index is 12.6. The summed E-state index contributed by atoms with van der Waals surface area (Å²) in [6.45, 7) is 0. The monoisotopic (exact) mass is 434 g/mol.